The highest BCUT2D eigenvalue weighted by molar-refractivity contribution is 7.86. The summed E-state index contributed by atoms with van der Waals surface area (Å²) in [7, 11) is -2.10. The Morgan fingerprint density at radius 2 is 1.95 bits per heavy atom. The van der Waals surface area contributed by atoms with Crippen LogP contribution >= 0.6 is 0 Å². The van der Waals surface area contributed by atoms with Gasteiger partial charge >= 0.3 is 10.2 Å². The first-order valence-corrected chi connectivity index (χ1v) is 13.7. The maximum absolute atomic E-state index is 13.2. The van der Waals surface area contributed by atoms with Gasteiger partial charge in [-0.1, -0.05) is 32.0 Å². The predicted molar refractivity (Wildman–Crippen MR) is 137 cm³/mol. The van der Waals surface area contributed by atoms with E-state index in [0.29, 0.717) is 24.8 Å². The molecule has 0 spiro atoms. The molecule has 1 unspecified atom stereocenters. The number of para-hydroxylation sites is 1. The normalized spacial score (nSPS) is 19.9. The van der Waals surface area contributed by atoms with E-state index in [1.54, 1.807) is 36.3 Å². The zero-order valence-corrected chi connectivity index (χ0v) is 22.0. The van der Waals surface area contributed by atoms with Crippen LogP contribution in [0, 0.1) is 5.92 Å². The van der Waals surface area contributed by atoms with Crippen LogP contribution in [0.5, 0.6) is 0 Å². The average Bonchev–Trinajstić information content (AvgIpc) is 3.43. The van der Waals surface area contributed by atoms with Gasteiger partial charge in [-0.15, -0.1) is 0 Å². The smallest absolute Gasteiger partial charge is 0.305 e. The number of furan rings is 1. The van der Waals surface area contributed by atoms with E-state index in [-0.39, 0.29) is 31.4 Å². The van der Waals surface area contributed by atoms with Crippen molar-refractivity contribution in [1.82, 2.24) is 24.1 Å². The molecule has 1 aromatic carbocycles. The van der Waals surface area contributed by atoms with Crippen molar-refractivity contribution in [3.8, 4) is 0 Å². The summed E-state index contributed by atoms with van der Waals surface area (Å²) < 4.78 is 33.9. The molecular weight excluding hydrogens is 498 g/mol. The van der Waals surface area contributed by atoms with Crippen molar-refractivity contribution in [1.29, 1.82) is 0 Å². The first-order valence-electron chi connectivity index (χ1n) is 12.3. The maximum atomic E-state index is 13.2. The topological polar surface area (TPSA) is 132 Å². The van der Waals surface area contributed by atoms with Crippen LogP contribution in [-0.4, -0.2) is 78.4 Å². The number of nitrogens with zero attached hydrogens (tertiary/aromatic N) is 3. The SMILES string of the molecule is CC(C)CC(NC(=O)c1cc2ccccc2o1)C(=O)N[C@H]1CCCN(S(=O)(=O)N2C=CN(C)C2)CC1=O. The number of hydrogen-bond acceptors (Lipinski definition) is 7. The molecule has 37 heavy (non-hydrogen) atoms. The van der Waals surface area contributed by atoms with Crippen molar-refractivity contribution < 1.29 is 27.2 Å². The molecule has 0 saturated carbocycles. The maximum Gasteiger partial charge on any atom is 0.305 e. The fraction of sp³-hybridized carbons (Fsp3) is 0.480. The van der Waals surface area contributed by atoms with E-state index in [2.05, 4.69) is 10.6 Å². The van der Waals surface area contributed by atoms with Crippen molar-refractivity contribution in [3.05, 3.63) is 48.5 Å². The van der Waals surface area contributed by atoms with E-state index in [0.717, 1.165) is 9.69 Å². The van der Waals surface area contributed by atoms with Gasteiger partial charge in [-0.3, -0.25) is 14.4 Å². The number of fused-ring (bicyclic) bond motifs is 1. The molecule has 0 aliphatic carbocycles. The van der Waals surface area contributed by atoms with Gasteiger partial charge in [0, 0.05) is 31.4 Å². The van der Waals surface area contributed by atoms with Crippen molar-refractivity contribution in [2.45, 2.75) is 45.2 Å². The summed E-state index contributed by atoms with van der Waals surface area (Å²) in [5, 5.41) is 6.27. The van der Waals surface area contributed by atoms with E-state index >= 15 is 0 Å². The van der Waals surface area contributed by atoms with E-state index in [1.807, 2.05) is 26.0 Å². The van der Waals surface area contributed by atoms with Crippen LogP contribution in [0.4, 0.5) is 0 Å². The number of hydrogen-bond donors (Lipinski definition) is 2. The van der Waals surface area contributed by atoms with Crippen LogP contribution in [0.15, 0.2) is 47.1 Å². The summed E-state index contributed by atoms with van der Waals surface area (Å²) in [4.78, 5) is 40.8. The second-order valence-electron chi connectivity index (χ2n) is 9.90. The van der Waals surface area contributed by atoms with Gasteiger partial charge in [0.2, 0.25) is 5.91 Å². The van der Waals surface area contributed by atoms with Crippen molar-refractivity contribution in [2.75, 3.05) is 26.8 Å². The molecule has 3 heterocycles. The lowest BCUT2D eigenvalue weighted by Crippen LogP contribution is -2.53. The van der Waals surface area contributed by atoms with Crippen LogP contribution in [-0.2, 0) is 19.8 Å². The third-order valence-electron chi connectivity index (χ3n) is 6.39. The lowest BCUT2D eigenvalue weighted by molar-refractivity contribution is -0.129. The van der Waals surface area contributed by atoms with Gasteiger partial charge in [0.25, 0.3) is 5.91 Å². The number of ketones is 1. The molecule has 2 amide bonds. The van der Waals surface area contributed by atoms with Gasteiger partial charge < -0.3 is 20.0 Å². The Labute approximate surface area is 216 Å². The molecule has 0 bridgehead atoms. The third kappa shape index (κ3) is 6.13. The number of carbonyl (C=O) groups is 3. The van der Waals surface area contributed by atoms with Gasteiger partial charge in [0.15, 0.2) is 11.5 Å². The zero-order chi connectivity index (χ0) is 26.7. The van der Waals surface area contributed by atoms with Crippen molar-refractivity contribution in [2.24, 2.45) is 5.92 Å². The van der Waals surface area contributed by atoms with Crippen LogP contribution in [0.25, 0.3) is 11.0 Å². The number of rotatable bonds is 8. The summed E-state index contributed by atoms with van der Waals surface area (Å²) in [6.45, 7) is 3.87. The van der Waals surface area contributed by atoms with E-state index in [9.17, 15) is 22.8 Å². The minimum absolute atomic E-state index is 0.0869. The van der Waals surface area contributed by atoms with Gasteiger partial charge in [0.1, 0.15) is 18.3 Å². The fourth-order valence-corrected chi connectivity index (χ4v) is 5.93. The minimum Gasteiger partial charge on any atom is -0.451 e. The Hall–Kier alpha value is -3.38. The van der Waals surface area contributed by atoms with Crippen LogP contribution < -0.4 is 10.6 Å². The monoisotopic (exact) mass is 531 g/mol. The Balaban J connectivity index is 1.42. The Kier molecular flexibility index (Phi) is 7.88. The zero-order valence-electron chi connectivity index (χ0n) is 21.2. The fourth-order valence-electron chi connectivity index (χ4n) is 4.44. The average molecular weight is 532 g/mol. The molecule has 1 saturated heterocycles. The summed E-state index contributed by atoms with van der Waals surface area (Å²) in [6, 6.07) is 7.11. The molecular formula is C25H33N5O6S. The molecule has 2 aliphatic rings. The number of carbonyl (C=O) groups excluding carboxylic acids is 3. The standard InChI is InChI=1S/C25H33N5O6S/c1-17(2)13-20(27-25(33)23-14-18-7-4-5-9-22(18)36-23)24(32)26-19-8-6-10-29(15-21(19)31)37(34,35)30-12-11-28(3)16-30/h4-5,7,9,11-12,14,17,19-20H,6,8,10,13,15-16H2,1-3H3,(H,26,32)(H,27,33)/t19-,20?/m0/s1. The first kappa shape index (κ1) is 26.7. The van der Waals surface area contributed by atoms with Crippen molar-refractivity contribution in [3.63, 3.8) is 0 Å². The number of nitrogens with one attached hydrogen (secondary N) is 2. The quantitative estimate of drug-likeness (QED) is 0.529. The summed E-state index contributed by atoms with van der Waals surface area (Å²) >= 11 is 0. The molecule has 1 fully saturated rings. The summed E-state index contributed by atoms with van der Waals surface area (Å²) in [6.07, 6.45) is 4.18. The van der Waals surface area contributed by atoms with Crippen LogP contribution in [0.1, 0.15) is 43.7 Å². The van der Waals surface area contributed by atoms with Crippen LogP contribution in [0.3, 0.4) is 0 Å². The number of amides is 2. The minimum atomic E-state index is -3.86. The second-order valence-corrected chi connectivity index (χ2v) is 11.8. The number of benzene rings is 1. The van der Waals surface area contributed by atoms with Gasteiger partial charge in [0.05, 0.1) is 12.6 Å². The van der Waals surface area contributed by atoms with Crippen molar-refractivity contribution >= 4 is 38.8 Å². The van der Waals surface area contributed by atoms with Crippen LogP contribution in [0.2, 0.25) is 0 Å². The highest BCUT2D eigenvalue weighted by Crippen LogP contribution is 2.20. The number of Topliss-reactive ketones (excluding diaryl/α,β-unsaturated/α-hetero) is 1. The molecule has 2 aromatic rings. The predicted octanol–water partition coefficient (Wildman–Crippen LogP) is 1.65. The van der Waals surface area contributed by atoms with E-state index < -0.39 is 39.9 Å². The Morgan fingerprint density at radius 1 is 1.19 bits per heavy atom. The largest absolute Gasteiger partial charge is 0.451 e. The molecule has 4 rings (SSSR count). The van der Waals surface area contributed by atoms with E-state index in [1.165, 1.54) is 10.5 Å². The third-order valence-corrected chi connectivity index (χ3v) is 8.18. The molecule has 0 radical (unpaired) electrons. The van der Waals surface area contributed by atoms with Gasteiger partial charge in [-0.2, -0.15) is 12.7 Å². The Morgan fingerprint density at radius 3 is 2.62 bits per heavy atom. The highest BCUT2D eigenvalue weighted by Gasteiger charge is 2.36. The molecule has 2 N–H and O–H groups in total. The molecule has 2 aliphatic heterocycles. The molecule has 1 aromatic heterocycles. The van der Waals surface area contributed by atoms with E-state index in [4.69, 9.17) is 4.42 Å². The lowest BCUT2D eigenvalue weighted by Gasteiger charge is -2.26. The Bertz CT molecular complexity index is 1270. The molecule has 2 atom stereocenters. The highest BCUT2D eigenvalue weighted by atomic mass is 32.2. The summed E-state index contributed by atoms with van der Waals surface area (Å²) in [5.41, 5.74) is 0.567. The summed E-state index contributed by atoms with van der Waals surface area (Å²) in [5.74, 6) is -1.22. The lowest BCUT2D eigenvalue weighted by atomic mass is 10.0. The molecule has 11 nitrogen and oxygen atoms in total. The second kappa shape index (κ2) is 10.9. The first-order chi connectivity index (χ1) is 17.5. The molecule has 200 valence electrons. The van der Waals surface area contributed by atoms with Gasteiger partial charge in [-0.05, 0) is 37.3 Å². The van der Waals surface area contributed by atoms with Gasteiger partial charge in [-0.25, -0.2) is 4.31 Å². The molecule has 12 heteroatoms.